The van der Waals surface area contributed by atoms with Crippen LogP contribution in [0.5, 0.6) is 5.88 Å². The molecule has 0 spiro atoms. The Morgan fingerprint density at radius 2 is 2.00 bits per heavy atom. The molecule has 1 saturated heterocycles. The number of rotatable bonds is 5. The van der Waals surface area contributed by atoms with Crippen LogP contribution in [0.3, 0.4) is 0 Å². The van der Waals surface area contributed by atoms with Crippen LogP contribution in [-0.2, 0) is 0 Å². The lowest BCUT2D eigenvalue weighted by atomic mass is 9.83. The van der Waals surface area contributed by atoms with E-state index in [2.05, 4.69) is 32.0 Å². The van der Waals surface area contributed by atoms with Crippen molar-refractivity contribution >= 4 is 5.82 Å². The number of pyridine rings is 1. The number of piperidine rings is 1. The second kappa shape index (κ2) is 7.69. The van der Waals surface area contributed by atoms with Crippen LogP contribution in [0.15, 0.2) is 30.7 Å². The minimum absolute atomic E-state index is 0.443. The van der Waals surface area contributed by atoms with Gasteiger partial charge in [0.1, 0.15) is 23.8 Å². The number of nitriles is 1. The molecule has 134 valence electrons. The molecule has 0 amide bonds. The zero-order valence-corrected chi connectivity index (χ0v) is 14.8. The number of aromatic nitrogens is 3. The molecule has 2 aromatic heterocycles. The van der Waals surface area contributed by atoms with Crippen LogP contribution in [0.1, 0.15) is 49.3 Å². The number of hydrogen-bond acceptors (Lipinski definition) is 6. The lowest BCUT2D eigenvalue weighted by Gasteiger charge is -2.33. The lowest BCUT2D eigenvalue weighted by Crippen LogP contribution is -2.36. The van der Waals surface area contributed by atoms with E-state index in [1.807, 2.05) is 0 Å². The van der Waals surface area contributed by atoms with Gasteiger partial charge >= 0.3 is 0 Å². The average Bonchev–Trinajstić information content (AvgIpc) is 2.66. The van der Waals surface area contributed by atoms with E-state index < -0.39 is 0 Å². The summed E-state index contributed by atoms with van der Waals surface area (Å²) in [5, 5.41) is 9.11. The van der Waals surface area contributed by atoms with Crippen molar-refractivity contribution in [2.24, 2.45) is 5.92 Å². The molecule has 26 heavy (non-hydrogen) atoms. The zero-order chi connectivity index (χ0) is 17.8. The van der Waals surface area contributed by atoms with Gasteiger partial charge in [-0.15, -0.1) is 0 Å². The Balaban J connectivity index is 1.31. The Morgan fingerprint density at radius 1 is 1.15 bits per heavy atom. The van der Waals surface area contributed by atoms with Gasteiger partial charge in [0, 0.05) is 37.0 Å². The SMILES string of the molecule is N#Cc1cccnc1OCC1CCN(c2cc(C3CCC3)ncn2)CC1. The highest BCUT2D eigenvalue weighted by molar-refractivity contribution is 5.40. The molecule has 2 aliphatic rings. The third-order valence-electron chi connectivity index (χ3n) is 5.48. The minimum Gasteiger partial charge on any atom is -0.476 e. The molecule has 0 unspecified atom stereocenters. The smallest absolute Gasteiger partial charge is 0.231 e. The maximum atomic E-state index is 9.11. The second-order valence-corrected chi connectivity index (χ2v) is 7.14. The van der Waals surface area contributed by atoms with Crippen molar-refractivity contribution in [1.82, 2.24) is 15.0 Å². The molecular weight excluding hydrogens is 326 g/mol. The molecule has 1 aliphatic carbocycles. The van der Waals surface area contributed by atoms with Crippen molar-refractivity contribution in [3.8, 4) is 11.9 Å². The average molecular weight is 349 g/mol. The van der Waals surface area contributed by atoms with E-state index in [0.717, 1.165) is 31.7 Å². The molecular formula is C20H23N5O. The molecule has 1 saturated carbocycles. The summed E-state index contributed by atoms with van der Waals surface area (Å²) in [6.07, 6.45) is 9.31. The van der Waals surface area contributed by atoms with Gasteiger partial charge in [-0.2, -0.15) is 5.26 Å². The van der Waals surface area contributed by atoms with Crippen molar-refractivity contribution in [2.75, 3.05) is 24.6 Å². The van der Waals surface area contributed by atoms with Crippen LogP contribution in [0, 0.1) is 17.2 Å². The van der Waals surface area contributed by atoms with Crippen molar-refractivity contribution in [1.29, 1.82) is 5.26 Å². The van der Waals surface area contributed by atoms with E-state index in [0.29, 0.717) is 29.9 Å². The topological polar surface area (TPSA) is 74.9 Å². The van der Waals surface area contributed by atoms with Gasteiger partial charge in [-0.05, 0) is 43.7 Å². The summed E-state index contributed by atoms with van der Waals surface area (Å²) in [7, 11) is 0. The second-order valence-electron chi connectivity index (χ2n) is 7.14. The van der Waals surface area contributed by atoms with Crippen molar-refractivity contribution in [3.63, 3.8) is 0 Å². The summed E-state index contributed by atoms with van der Waals surface area (Å²) in [5.41, 5.74) is 1.69. The van der Waals surface area contributed by atoms with E-state index >= 15 is 0 Å². The van der Waals surface area contributed by atoms with Crippen LogP contribution in [-0.4, -0.2) is 34.6 Å². The molecule has 4 rings (SSSR count). The minimum atomic E-state index is 0.443. The Bertz CT molecular complexity index is 791. The third-order valence-corrected chi connectivity index (χ3v) is 5.48. The van der Waals surface area contributed by atoms with Crippen LogP contribution < -0.4 is 9.64 Å². The highest BCUT2D eigenvalue weighted by Crippen LogP contribution is 2.36. The molecule has 0 radical (unpaired) electrons. The molecule has 3 heterocycles. The quantitative estimate of drug-likeness (QED) is 0.824. The highest BCUT2D eigenvalue weighted by Gasteiger charge is 2.24. The third kappa shape index (κ3) is 3.62. The van der Waals surface area contributed by atoms with Crippen LogP contribution in [0.25, 0.3) is 0 Å². The summed E-state index contributed by atoms with van der Waals surface area (Å²) in [5.74, 6) is 2.61. The Labute approximate surface area is 153 Å². The van der Waals surface area contributed by atoms with Crippen LogP contribution in [0.2, 0.25) is 0 Å². The lowest BCUT2D eigenvalue weighted by molar-refractivity contribution is 0.215. The first-order valence-electron chi connectivity index (χ1n) is 9.38. The number of ether oxygens (including phenoxy) is 1. The molecule has 0 N–H and O–H groups in total. The first-order valence-corrected chi connectivity index (χ1v) is 9.38. The number of nitrogens with zero attached hydrogens (tertiary/aromatic N) is 5. The Morgan fingerprint density at radius 3 is 2.73 bits per heavy atom. The van der Waals surface area contributed by atoms with E-state index in [1.54, 1.807) is 24.7 Å². The van der Waals surface area contributed by atoms with E-state index in [4.69, 9.17) is 10.00 Å². The van der Waals surface area contributed by atoms with Gasteiger partial charge in [-0.3, -0.25) is 0 Å². The van der Waals surface area contributed by atoms with Crippen molar-refractivity contribution in [3.05, 3.63) is 42.0 Å². The molecule has 2 aromatic rings. The predicted octanol–water partition coefficient (Wildman–Crippen LogP) is 3.31. The number of hydrogen-bond donors (Lipinski definition) is 0. The summed E-state index contributed by atoms with van der Waals surface area (Å²) < 4.78 is 5.80. The number of anilines is 1. The van der Waals surface area contributed by atoms with Gasteiger partial charge in [0.05, 0.1) is 6.61 Å². The van der Waals surface area contributed by atoms with Crippen molar-refractivity contribution in [2.45, 2.75) is 38.0 Å². The first kappa shape index (κ1) is 16.8. The zero-order valence-electron chi connectivity index (χ0n) is 14.8. The maximum Gasteiger partial charge on any atom is 0.231 e. The Hall–Kier alpha value is -2.68. The summed E-state index contributed by atoms with van der Waals surface area (Å²) >= 11 is 0. The van der Waals surface area contributed by atoms with E-state index in [-0.39, 0.29) is 0 Å². The first-order chi connectivity index (χ1) is 12.8. The fraction of sp³-hybridized carbons (Fsp3) is 0.500. The molecule has 6 heteroatoms. The van der Waals surface area contributed by atoms with Gasteiger partial charge < -0.3 is 9.64 Å². The summed E-state index contributed by atoms with van der Waals surface area (Å²) in [6.45, 7) is 2.56. The molecule has 0 aromatic carbocycles. The largest absolute Gasteiger partial charge is 0.476 e. The standard InChI is InChI=1S/C20H23N5O/c21-12-17-5-2-8-22-20(17)26-13-15-6-9-25(10-7-15)19-11-18(23-14-24-19)16-3-1-4-16/h2,5,8,11,14-16H,1,3-4,6-7,9-10,13H2. The maximum absolute atomic E-state index is 9.11. The van der Waals surface area contributed by atoms with E-state index in [1.165, 1.54) is 25.0 Å². The molecule has 6 nitrogen and oxygen atoms in total. The monoisotopic (exact) mass is 349 g/mol. The van der Waals surface area contributed by atoms with Gasteiger partial charge in [-0.25, -0.2) is 15.0 Å². The molecule has 1 aliphatic heterocycles. The predicted molar refractivity (Wildman–Crippen MR) is 98.0 cm³/mol. The van der Waals surface area contributed by atoms with Crippen LogP contribution in [0.4, 0.5) is 5.82 Å². The van der Waals surface area contributed by atoms with Gasteiger partial charge in [0.2, 0.25) is 5.88 Å². The molecule has 2 fully saturated rings. The van der Waals surface area contributed by atoms with Crippen LogP contribution >= 0.6 is 0 Å². The summed E-state index contributed by atoms with van der Waals surface area (Å²) in [4.78, 5) is 15.5. The Kier molecular flexibility index (Phi) is 4.96. The van der Waals surface area contributed by atoms with Gasteiger partial charge in [0.15, 0.2) is 0 Å². The highest BCUT2D eigenvalue weighted by atomic mass is 16.5. The molecule has 0 atom stereocenters. The summed E-state index contributed by atoms with van der Waals surface area (Å²) in [6, 6.07) is 7.79. The van der Waals surface area contributed by atoms with Gasteiger partial charge in [0.25, 0.3) is 0 Å². The van der Waals surface area contributed by atoms with Crippen molar-refractivity contribution < 1.29 is 4.74 Å². The fourth-order valence-corrected chi connectivity index (χ4v) is 3.58. The fourth-order valence-electron chi connectivity index (χ4n) is 3.58. The normalized spacial score (nSPS) is 18.2. The molecule has 0 bridgehead atoms. The van der Waals surface area contributed by atoms with E-state index in [9.17, 15) is 0 Å². The van der Waals surface area contributed by atoms with Gasteiger partial charge in [-0.1, -0.05) is 6.42 Å².